The van der Waals surface area contributed by atoms with E-state index < -0.39 is 10.0 Å². The van der Waals surface area contributed by atoms with Crippen molar-refractivity contribution in [3.8, 4) is 0 Å². The third-order valence-electron chi connectivity index (χ3n) is 5.88. The number of amides is 1. The molecule has 30 heavy (non-hydrogen) atoms. The molecule has 1 aliphatic carbocycles. The van der Waals surface area contributed by atoms with Gasteiger partial charge in [-0.1, -0.05) is 31.5 Å². The van der Waals surface area contributed by atoms with Crippen LogP contribution >= 0.6 is 0 Å². The molecular formula is C23H28N2O4S. The van der Waals surface area contributed by atoms with E-state index in [0.29, 0.717) is 36.2 Å². The fourth-order valence-electron chi connectivity index (χ4n) is 3.92. The van der Waals surface area contributed by atoms with E-state index in [9.17, 15) is 13.2 Å². The average molecular weight is 429 g/mol. The van der Waals surface area contributed by atoms with Crippen molar-refractivity contribution >= 4 is 22.0 Å². The number of nitrogens with one attached hydrogen (secondary N) is 1. The van der Waals surface area contributed by atoms with E-state index in [0.717, 1.165) is 31.4 Å². The molecule has 1 aliphatic heterocycles. The van der Waals surface area contributed by atoms with Crippen LogP contribution < -0.4 is 5.32 Å². The molecule has 2 fully saturated rings. The van der Waals surface area contributed by atoms with Crippen LogP contribution in [0.1, 0.15) is 55.6 Å². The topological polar surface area (TPSA) is 79.6 Å². The fourth-order valence-corrected chi connectivity index (χ4v) is 5.66. The Bertz CT molecular complexity index is 1030. The number of carbonyl (C=O) groups is 1. The molecule has 0 radical (unpaired) electrons. The van der Waals surface area contributed by atoms with Crippen LogP contribution in [0.2, 0.25) is 0 Å². The summed E-state index contributed by atoms with van der Waals surface area (Å²) in [6.07, 6.45) is 7.04. The molecule has 7 heteroatoms. The van der Waals surface area contributed by atoms with Gasteiger partial charge in [0.15, 0.2) is 0 Å². The first kappa shape index (κ1) is 20.9. The summed E-state index contributed by atoms with van der Waals surface area (Å²) < 4.78 is 33.4. The number of sulfonamides is 1. The van der Waals surface area contributed by atoms with E-state index >= 15 is 0 Å². The highest BCUT2D eigenvalue weighted by Gasteiger charge is 2.36. The molecule has 0 spiro atoms. The van der Waals surface area contributed by atoms with Gasteiger partial charge in [-0.05, 0) is 55.0 Å². The second kappa shape index (κ2) is 8.78. The predicted octanol–water partition coefficient (Wildman–Crippen LogP) is 3.91. The number of hydrogen-bond donors (Lipinski definition) is 1. The molecule has 1 saturated heterocycles. The smallest absolute Gasteiger partial charge is 0.244 e. The maximum absolute atomic E-state index is 13.0. The van der Waals surface area contributed by atoms with E-state index in [1.54, 1.807) is 34.6 Å². The van der Waals surface area contributed by atoms with Gasteiger partial charge in [-0.3, -0.25) is 4.79 Å². The number of benzene rings is 1. The van der Waals surface area contributed by atoms with Gasteiger partial charge in [0.05, 0.1) is 4.90 Å². The highest BCUT2D eigenvalue weighted by molar-refractivity contribution is 7.89. The minimum atomic E-state index is -3.55. The average Bonchev–Trinajstić information content (AvgIpc) is 3.31. The minimum absolute atomic E-state index is 0.148. The molecule has 0 bridgehead atoms. The zero-order valence-electron chi connectivity index (χ0n) is 17.2. The maximum atomic E-state index is 13.0. The molecule has 4 rings (SSSR count). The van der Waals surface area contributed by atoms with Gasteiger partial charge in [-0.25, -0.2) is 8.42 Å². The van der Waals surface area contributed by atoms with Crippen molar-refractivity contribution in [3.05, 3.63) is 59.6 Å². The molecule has 2 heterocycles. The fraction of sp³-hybridized carbons (Fsp3) is 0.435. The molecule has 1 aromatic heterocycles. The third kappa shape index (κ3) is 4.68. The first-order valence-corrected chi connectivity index (χ1v) is 12.0. The second-order valence-electron chi connectivity index (χ2n) is 8.18. The molecule has 2 atom stereocenters. The van der Waals surface area contributed by atoms with Crippen molar-refractivity contribution in [1.29, 1.82) is 0 Å². The number of nitrogens with zero attached hydrogens (tertiary/aromatic N) is 1. The molecular weight excluding hydrogens is 400 g/mol. The molecule has 1 amide bonds. The lowest BCUT2D eigenvalue weighted by atomic mass is 10.2. The number of hydrogen-bond acceptors (Lipinski definition) is 4. The third-order valence-corrected chi connectivity index (χ3v) is 7.88. The van der Waals surface area contributed by atoms with Crippen LogP contribution in [-0.2, 0) is 21.4 Å². The molecule has 1 saturated carbocycles. The quantitative estimate of drug-likeness (QED) is 0.678. The Morgan fingerprint density at radius 3 is 2.63 bits per heavy atom. The van der Waals surface area contributed by atoms with Crippen LogP contribution in [-0.4, -0.2) is 31.7 Å². The van der Waals surface area contributed by atoms with Crippen LogP contribution in [0.4, 0.5) is 0 Å². The van der Waals surface area contributed by atoms with Gasteiger partial charge in [-0.2, -0.15) is 4.31 Å². The molecule has 2 unspecified atom stereocenters. The highest BCUT2D eigenvalue weighted by Crippen LogP contribution is 2.47. The monoisotopic (exact) mass is 428 g/mol. The number of carbonyl (C=O) groups excluding carboxylic acids is 1. The zero-order valence-corrected chi connectivity index (χ0v) is 18.0. The van der Waals surface area contributed by atoms with E-state index in [1.807, 2.05) is 12.1 Å². The summed E-state index contributed by atoms with van der Waals surface area (Å²) in [6, 6.07) is 10.7. The SMILES string of the molecule is CC1CC1c1ccc(/C=C/C(=O)NCc2ccccc2S(=O)(=O)N2CCCCC2)o1. The van der Waals surface area contributed by atoms with E-state index in [1.165, 1.54) is 6.08 Å². The van der Waals surface area contributed by atoms with Gasteiger partial charge >= 0.3 is 0 Å². The Balaban J connectivity index is 1.39. The van der Waals surface area contributed by atoms with Crippen LogP contribution in [0.3, 0.4) is 0 Å². The minimum Gasteiger partial charge on any atom is -0.461 e. The van der Waals surface area contributed by atoms with Crippen LogP contribution in [0, 0.1) is 5.92 Å². The molecule has 6 nitrogen and oxygen atoms in total. The lowest BCUT2D eigenvalue weighted by molar-refractivity contribution is -0.116. The maximum Gasteiger partial charge on any atom is 0.244 e. The van der Waals surface area contributed by atoms with Crippen molar-refractivity contribution in [2.24, 2.45) is 5.92 Å². The summed E-state index contributed by atoms with van der Waals surface area (Å²) >= 11 is 0. The largest absolute Gasteiger partial charge is 0.461 e. The predicted molar refractivity (Wildman–Crippen MR) is 115 cm³/mol. The Morgan fingerprint density at radius 1 is 1.17 bits per heavy atom. The van der Waals surface area contributed by atoms with Crippen molar-refractivity contribution < 1.29 is 17.6 Å². The lowest BCUT2D eigenvalue weighted by Gasteiger charge is -2.26. The summed E-state index contributed by atoms with van der Waals surface area (Å²) in [5.74, 6) is 2.49. The van der Waals surface area contributed by atoms with Gasteiger partial charge < -0.3 is 9.73 Å². The summed E-state index contributed by atoms with van der Waals surface area (Å²) in [5, 5.41) is 2.78. The molecule has 2 aromatic rings. The number of piperidine rings is 1. The van der Waals surface area contributed by atoms with Crippen molar-refractivity contribution in [2.45, 2.75) is 50.0 Å². The normalized spacial score (nSPS) is 22.3. The summed E-state index contributed by atoms with van der Waals surface area (Å²) in [4.78, 5) is 12.5. The van der Waals surface area contributed by atoms with Gasteiger partial charge in [-0.15, -0.1) is 0 Å². The molecule has 160 valence electrons. The molecule has 1 aromatic carbocycles. The van der Waals surface area contributed by atoms with Gasteiger partial charge in [0.2, 0.25) is 15.9 Å². The Labute approximate surface area is 178 Å². The zero-order chi connectivity index (χ0) is 21.1. The van der Waals surface area contributed by atoms with Crippen molar-refractivity contribution in [2.75, 3.05) is 13.1 Å². The van der Waals surface area contributed by atoms with E-state index in [4.69, 9.17) is 4.42 Å². The first-order chi connectivity index (χ1) is 14.4. The lowest BCUT2D eigenvalue weighted by Crippen LogP contribution is -2.36. The van der Waals surface area contributed by atoms with Crippen molar-refractivity contribution in [1.82, 2.24) is 9.62 Å². The summed E-state index contributed by atoms with van der Waals surface area (Å²) in [7, 11) is -3.55. The molecule has 1 N–H and O–H groups in total. The first-order valence-electron chi connectivity index (χ1n) is 10.6. The summed E-state index contributed by atoms with van der Waals surface area (Å²) in [5.41, 5.74) is 0.591. The highest BCUT2D eigenvalue weighted by atomic mass is 32.2. The Kier molecular flexibility index (Phi) is 6.11. The number of furan rings is 1. The van der Waals surface area contributed by atoms with Gasteiger partial charge in [0.25, 0.3) is 0 Å². The van der Waals surface area contributed by atoms with Gasteiger partial charge in [0.1, 0.15) is 11.5 Å². The van der Waals surface area contributed by atoms with Crippen LogP contribution in [0.5, 0.6) is 0 Å². The Morgan fingerprint density at radius 2 is 1.90 bits per heavy atom. The summed E-state index contributed by atoms with van der Waals surface area (Å²) in [6.45, 7) is 3.45. The second-order valence-corrected chi connectivity index (χ2v) is 10.1. The van der Waals surface area contributed by atoms with Gasteiger partial charge in [0, 0.05) is 31.6 Å². The van der Waals surface area contributed by atoms with Crippen LogP contribution in [0.15, 0.2) is 51.8 Å². The van der Waals surface area contributed by atoms with E-state index in [-0.39, 0.29) is 17.3 Å². The Hall–Kier alpha value is -2.38. The van der Waals surface area contributed by atoms with E-state index in [2.05, 4.69) is 12.2 Å². The standard InChI is InChI=1S/C23H28N2O4S/c1-17-15-20(17)21-11-9-19(29-21)10-12-23(26)24-16-18-7-3-4-8-22(18)30(27,28)25-13-5-2-6-14-25/h3-4,7-12,17,20H,2,5-6,13-16H2,1H3,(H,24,26)/b12-10+. The number of rotatable bonds is 7. The van der Waals surface area contributed by atoms with Crippen LogP contribution in [0.25, 0.3) is 6.08 Å². The van der Waals surface area contributed by atoms with Crippen molar-refractivity contribution in [3.63, 3.8) is 0 Å². The molecule has 2 aliphatic rings.